The van der Waals surface area contributed by atoms with E-state index in [9.17, 15) is 14.1 Å². The number of carbonyl (C=O) groups excluding carboxylic acids is 2. The molecule has 1 unspecified atom stereocenters. The molecule has 1 atom stereocenters. The van der Waals surface area contributed by atoms with Crippen LogP contribution in [0.25, 0.3) is 0 Å². The van der Waals surface area contributed by atoms with Crippen molar-refractivity contribution in [2.24, 2.45) is 0 Å². The summed E-state index contributed by atoms with van der Waals surface area (Å²) >= 11 is 19.4. The van der Waals surface area contributed by atoms with Gasteiger partial charge in [-0.3, -0.25) is 9.59 Å². The molecule has 0 aromatic heterocycles. The van der Waals surface area contributed by atoms with E-state index in [0.29, 0.717) is 17.4 Å². The number of aliphatic hydroxyl groups is 1. The van der Waals surface area contributed by atoms with Crippen molar-refractivity contribution in [2.75, 3.05) is 86.9 Å². The van der Waals surface area contributed by atoms with E-state index in [2.05, 4.69) is 0 Å². The standard InChI is InChI=1S/C18H34O5S13/c1-24-2-3-36(22)16-34-14-32-12-31-13-33-15-35-18(21)5-26-9-30-11-29-8-25-4-17(20)23-7-28-10-27-6-19/h19H,2-16H2,1H3. The molecular weight excluding hydrogens is 713 g/mol. The molecular formula is C18H34O5S13. The van der Waals surface area contributed by atoms with Crippen molar-refractivity contribution in [3.8, 4) is 0 Å². The highest BCUT2D eigenvalue weighted by atomic mass is 32.3. The van der Waals surface area contributed by atoms with Gasteiger partial charge in [0, 0.05) is 46.4 Å². The van der Waals surface area contributed by atoms with E-state index in [1.54, 1.807) is 82.3 Å². The van der Waals surface area contributed by atoms with Crippen LogP contribution in [0.3, 0.4) is 0 Å². The van der Waals surface area contributed by atoms with Crippen LogP contribution in [0.1, 0.15) is 0 Å². The number of aliphatic hydroxyl groups excluding tert-OH is 1. The zero-order chi connectivity index (χ0) is 26.5. The van der Waals surface area contributed by atoms with Crippen molar-refractivity contribution < 1.29 is 24.0 Å². The Labute approximate surface area is 271 Å². The lowest BCUT2D eigenvalue weighted by Gasteiger charge is -2.09. The highest BCUT2D eigenvalue weighted by molar-refractivity contribution is 8.31. The number of hydrogen-bond donors (Lipinski definition) is 1. The highest BCUT2D eigenvalue weighted by Gasteiger charge is 2.06. The zero-order valence-corrected chi connectivity index (χ0v) is 30.6. The second-order valence-electron chi connectivity index (χ2n) is 5.81. The number of carbonyl (C=O) groups is 2. The molecule has 0 radical (unpaired) electrons. The van der Waals surface area contributed by atoms with Gasteiger partial charge in [0.15, 0.2) is 10.2 Å². The molecule has 0 rings (SSSR count). The molecule has 0 aromatic carbocycles. The monoisotopic (exact) mass is 746 g/mol. The van der Waals surface area contributed by atoms with Crippen molar-refractivity contribution in [1.82, 2.24) is 0 Å². The number of thioether (sulfide) groups is 12. The van der Waals surface area contributed by atoms with Crippen LogP contribution in [0.4, 0.5) is 0 Å². The molecule has 0 bridgehead atoms. The van der Waals surface area contributed by atoms with Gasteiger partial charge in [-0.2, -0.15) is 11.8 Å². The second-order valence-corrected chi connectivity index (χ2v) is 22.5. The van der Waals surface area contributed by atoms with E-state index < -0.39 is 11.2 Å². The van der Waals surface area contributed by atoms with Gasteiger partial charge in [-0.15, -0.1) is 106 Å². The molecule has 0 saturated carbocycles. The first kappa shape index (κ1) is 39.6. The predicted octanol–water partition coefficient (Wildman–Crippen LogP) is 6.76. The molecule has 0 amide bonds. The minimum atomic E-state index is -0.687. The van der Waals surface area contributed by atoms with Gasteiger partial charge in [0.25, 0.3) is 0 Å². The first-order valence-corrected chi connectivity index (χ1v) is 25.5. The predicted molar refractivity (Wildman–Crippen MR) is 191 cm³/mol. The minimum absolute atomic E-state index is 0.0874. The Balaban J connectivity index is 3.27. The Kier molecular flexibility index (Phi) is 36.4. The number of esters is 1. The van der Waals surface area contributed by atoms with Gasteiger partial charge >= 0.3 is 5.97 Å². The fourth-order valence-electron chi connectivity index (χ4n) is 1.56. The fourth-order valence-corrected chi connectivity index (χ4v) is 16.1. The first-order chi connectivity index (χ1) is 17.6. The Morgan fingerprint density at radius 3 is 1.94 bits per heavy atom. The van der Waals surface area contributed by atoms with E-state index in [4.69, 9.17) is 9.84 Å². The summed E-state index contributed by atoms with van der Waals surface area (Å²) in [7, 11) is 0. The van der Waals surface area contributed by atoms with Crippen molar-refractivity contribution in [3.05, 3.63) is 0 Å². The Morgan fingerprint density at radius 1 is 0.750 bits per heavy atom. The van der Waals surface area contributed by atoms with Crippen LogP contribution < -0.4 is 0 Å². The van der Waals surface area contributed by atoms with E-state index >= 15 is 0 Å². The van der Waals surface area contributed by atoms with Gasteiger partial charge < -0.3 is 14.4 Å². The van der Waals surface area contributed by atoms with E-state index in [1.165, 1.54) is 35.3 Å². The minimum Gasteiger partial charge on any atom is -0.616 e. The van der Waals surface area contributed by atoms with Gasteiger partial charge in [0.2, 0.25) is 0 Å². The van der Waals surface area contributed by atoms with Gasteiger partial charge in [-0.1, -0.05) is 23.5 Å². The Bertz CT molecular complexity index is 510. The summed E-state index contributed by atoms with van der Waals surface area (Å²) in [6.07, 6.45) is 2.04. The zero-order valence-electron chi connectivity index (χ0n) is 20.0. The van der Waals surface area contributed by atoms with E-state index in [1.807, 2.05) is 29.8 Å². The number of rotatable bonds is 28. The highest BCUT2D eigenvalue weighted by Crippen LogP contribution is 2.25. The normalized spacial score (nSPS) is 12.1. The molecule has 0 aliphatic heterocycles. The van der Waals surface area contributed by atoms with Gasteiger partial charge in [0.05, 0.1) is 17.4 Å². The summed E-state index contributed by atoms with van der Waals surface area (Å²) in [5.74, 6) is 2.91. The Hall–Kier alpha value is 3.61. The quantitative estimate of drug-likeness (QED) is 0.0396. The maximum absolute atomic E-state index is 11.9. The van der Waals surface area contributed by atoms with Crippen LogP contribution in [-0.2, 0) is 25.5 Å². The molecule has 0 aliphatic carbocycles. The third-order valence-corrected chi connectivity index (χ3v) is 18.8. The van der Waals surface area contributed by atoms with Crippen molar-refractivity contribution in [1.29, 1.82) is 0 Å². The molecule has 18 heteroatoms. The van der Waals surface area contributed by atoms with Gasteiger partial charge in [0.1, 0.15) is 11.7 Å². The molecule has 214 valence electrons. The third-order valence-electron chi connectivity index (χ3n) is 3.03. The lowest BCUT2D eigenvalue weighted by Crippen LogP contribution is -2.10. The smallest absolute Gasteiger partial charge is 0.316 e. The largest absolute Gasteiger partial charge is 0.616 e. The summed E-state index contributed by atoms with van der Waals surface area (Å²) in [6.45, 7) is 0. The van der Waals surface area contributed by atoms with Crippen LogP contribution in [0.15, 0.2) is 0 Å². The molecule has 0 aliphatic rings. The molecule has 0 aromatic rings. The van der Waals surface area contributed by atoms with Crippen LogP contribution in [0.2, 0.25) is 0 Å². The van der Waals surface area contributed by atoms with Crippen LogP contribution in [-0.4, -0.2) is 108 Å². The molecule has 1 N–H and O–H groups in total. The molecule has 0 saturated heterocycles. The average molecular weight is 747 g/mol. The average Bonchev–Trinajstić information content (AvgIpc) is 2.87. The van der Waals surface area contributed by atoms with Crippen molar-refractivity contribution >= 4 is 163 Å². The SMILES string of the molecule is CSCC[S+]([O-])CSCSCSCSCSC(=O)CSCSCSCSCC(=O)OCSCSCO. The summed E-state index contributed by atoms with van der Waals surface area (Å²) in [6, 6.07) is 0. The van der Waals surface area contributed by atoms with Crippen LogP contribution in [0.5, 0.6) is 0 Å². The molecule has 0 heterocycles. The van der Waals surface area contributed by atoms with E-state index in [0.717, 1.165) is 57.3 Å². The van der Waals surface area contributed by atoms with Crippen molar-refractivity contribution in [3.63, 3.8) is 0 Å². The maximum Gasteiger partial charge on any atom is 0.316 e. The lowest BCUT2D eigenvalue weighted by atomic mass is 10.8. The molecule has 36 heavy (non-hydrogen) atoms. The fraction of sp³-hybridized carbons (Fsp3) is 0.889. The number of ether oxygens (including phenoxy) is 1. The Morgan fingerprint density at radius 2 is 1.31 bits per heavy atom. The molecule has 5 nitrogen and oxygen atoms in total. The second kappa shape index (κ2) is 33.1. The summed E-state index contributed by atoms with van der Waals surface area (Å²) in [4.78, 5) is 23.5. The van der Waals surface area contributed by atoms with Crippen LogP contribution in [0, 0.1) is 0 Å². The summed E-state index contributed by atoms with van der Waals surface area (Å²) in [5, 5.41) is 16.9. The number of hydrogen-bond acceptors (Lipinski definition) is 17. The maximum atomic E-state index is 11.9. The topological polar surface area (TPSA) is 86.7 Å². The summed E-state index contributed by atoms with van der Waals surface area (Å²) < 4.78 is 16.8. The van der Waals surface area contributed by atoms with Crippen LogP contribution >= 0.6 is 141 Å². The van der Waals surface area contributed by atoms with Gasteiger partial charge in [-0.25, -0.2) is 0 Å². The molecule has 0 fully saturated rings. The lowest BCUT2D eigenvalue weighted by molar-refractivity contribution is -0.138. The van der Waals surface area contributed by atoms with Crippen molar-refractivity contribution in [2.45, 2.75) is 0 Å². The molecule has 0 spiro atoms. The third kappa shape index (κ3) is 32.1. The summed E-state index contributed by atoms with van der Waals surface area (Å²) in [5.41, 5.74) is 0. The van der Waals surface area contributed by atoms with Gasteiger partial charge in [-0.05, 0) is 17.4 Å². The first-order valence-electron chi connectivity index (χ1n) is 10.1. The van der Waals surface area contributed by atoms with E-state index in [-0.39, 0.29) is 17.0 Å².